The van der Waals surface area contributed by atoms with Gasteiger partial charge in [-0.1, -0.05) is 0 Å². The molecule has 0 atom stereocenters. The number of hydrogen-bond acceptors (Lipinski definition) is 4. The van der Waals surface area contributed by atoms with Gasteiger partial charge in [0.25, 0.3) is 5.56 Å². The minimum atomic E-state index is -0.331. The summed E-state index contributed by atoms with van der Waals surface area (Å²) in [6, 6.07) is 1.89. The fourth-order valence-electron chi connectivity index (χ4n) is 1.34. The maximum atomic E-state index is 11.5. The maximum absolute atomic E-state index is 11.5. The van der Waals surface area contributed by atoms with Crippen LogP contribution in [0.25, 0.3) is 11.3 Å². The lowest BCUT2D eigenvalue weighted by Crippen LogP contribution is -2.14. The molecule has 80 valence electrons. The van der Waals surface area contributed by atoms with E-state index in [1.54, 1.807) is 24.1 Å². The van der Waals surface area contributed by atoms with Crippen molar-refractivity contribution in [1.29, 1.82) is 5.26 Å². The predicted molar refractivity (Wildman–Crippen MR) is 56.4 cm³/mol. The molecule has 1 N–H and O–H groups in total. The summed E-state index contributed by atoms with van der Waals surface area (Å²) in [4.78, 5) is 18.1. The number of aromatic nitrogens is 4. The monoisotopic (exact) mass is 215 g/mol. The fourth-order valence-corrected chi connectivity index (χ4v) is 1.34. The van der Waals surface area contributed by atoms with Crippen molar-refractivity contribution < 1.29 is 0 Å². The van der Waals surface area contributed by atoms with Gasteiger partial charge in [-0.3, -0.25) is 14.5 Å². The molecule has 0 aliphatic heterocycles. The number of rotatable bonds is 2. The third kappa shape index (κ3) is 1.83. The minimum Gasteiger partial charge on any atom is -0.319 e. The Labute approximate surface area is 91.2 Å². The molecule has 0 spiro atoms. The molecule has 0 unspecified atom stereocenters. The maximum Gasteiger partial charge on any atom is 0.271 e. The Bertz CT molecular complexity index is 604. The lowest BCUT2D eigenvalue weighted by Gasteiger charge is -1.97. The highest BCUT2D eigenvalue weighted by Gasteiger charge is 2.05. The first kappa shape index (κ1) is 10.1. The van der Waals surface area contributed by atoms with Gasteiger partial charge in [0.15, 0.2) is 0 Å². The zero-order valence-electron chi connectivity index (χ0n) is 8.64. The molecule has 2 heterocycles. The van der Waals surface area contributed by atoms with E-state index in [1.165, 1.54) is 6.20 Å². The number of aromatic amines is 1. The van der Waals surface area contributed by atoms with Gasteiger partial charge >= 0.3 is 0 Å². The van der Waals surface area contributed by atoms with Gasteiger partial charge in [0, 0.05) is 18.8 Å². The summed E-state index contributed by atoms with van der Waals surface area (Å²) in [6.07, 6.45) is 4.96. The summed E-state index contributed by atoms with van der Waals surface area (Å²) in [5.74, 6) is 0. The summed E-state index contributed by atoms with van der Waals surface area (Å²) in [7, 11) is 1.79. The molecule has 0 radical (unpaired) electrons. The van der Waals surface area contributed by atoms with Gasteiger partial charge < -0.3 is 4.98 Å². The minimum absolute atomic E-state index is 0.0165. The van der Waals surface area contributed by atoms with Crippen LogP contribution in [0.1, 0.15) is 5.69 Å². The number of H-pyrrole nitrogens is 1. The highest BCUT2D eigenvalue weighted by Crippen LogP contribution is 2.12. The third-order valence-corrected chi connectivity index (χ3v) is 2.12. The fraction of sp³-hybridized carbons (Fsp3) is 0.200. The quantitative estimate of drug-likeness (QED) is 0.777. The summed E-state index contributed by atoms with van der Waals surface area (Å²) in [5.41, 5.74) is 1.29. The highest BCUT2D eigenvalue weighted by atomic mass is 16.1. The van der Waals surface area contributed by atoms with Crippen LogP contribution in [-0.4, -0.2) is 19.7 Å². The summed E-state index contributed by atoms with van der Waals surface area (Å²) in [6.45, 7) is 0. The van der Waals surface area contributed by atoms with E-state index in [9.17, 15) is 4.79 Å². The second-order valence-corrected chi connectivity index (χ2v) is 3.31. The van der Waals surface area contributed by atoms with E-state index in [4.69, 9.17) is 5.26 Å². The largest absolute Gasteiger partial charge is 0.319 e. The van der Waals surface area contributed by atoms with Crippen molar-refractivity contribution in [2.45, 2.75) is 6.42 Å². The lowest BCUT2D eigenvalue weighted by atomic mass is 10.2. The van der Waals surface area contributed by atoms with Crippen molar-refractivity contribution in [2.75, 3.05) is 0 Å². The van der Waals surface area contributed by atoms with Gasteiger partial charge in [-0.15, -0.1) is 0 Å². The van der Waals surface area contributed by atoms with Crippen molar-refractivity contribution in [3.63, 3.8) is 0 Å². The number of nitrogens with zero attached hydrogens (tertiary/aromatic N) is 4. The molecule has 6 nitrogen and oxygen atoms in total. The van der Waals surface area contributed by atoms with Crippen molar-refractivity contribution >= 4 is 0 Å². The van der Waals surface area contributed by atoms with E-state index in [0.29, 0.717) is 5.69 Å². The van der Waals surface area contributed by atoms with Crippen LogP contribution in [0, 0.1) is 11.3 Å². The van der Waals surface area contributed by atoms with E-state index in [1.807, 2.05) is 6.07 Å². The molecule has 0 amide bonds. The Hall–Kier alpha value is -2.42. The zero-order valence-corrected chi connectivity index (χ0v) is 8.64. The molecule has 0 saturated heterocycles. The number of aryl methyl sites for hydroxylation is 1. The van der Waals surface area contributed by atoms with Crippen LogP contribution in [-0.2, 0) is 13.5 Å². The number of nitriles is 1. The van der Waals surface area contributed by atoms with Crippen LogP contribution in [0.3, 0.4) is 0 Å². The molecule has 2 rings (SSSR count). The summed E-state index contributed by atoms with van der Waals surface area (Å²) in [5, 5.41) is 12.5. The molecule has 0 aromatic carbocycles. The molecule has 2 aromatic rings. The lowest BCUT2D eigenvalue weighted by molar-refractivity contribution is 0.768. The van der Waals surface area contributed by atoms with Crippen LogP contribution in [0.4, 0.5) is 0 Å². The van der Waals surface area contributed by atoms with Crippen LogP contribution >= 0.6 is 0 Å². The second-order valence-electron chi connectivity index (χ2n) is 3.31. The predicted octanol–water partition coefficient (Wildman–Crippen LogP) is 0.236. The van der Waals surface area contributed by atoms with Crippen molar-refractivity contribution in [3.05, 3.63) is 34.6 Å². The van der Waals surface area contributed by atoms with Gasteiger partial charge in [-0.05, 0) is 0 Å². The van der Waals surface area contributed by atoms with Crippen molar-refractivity contribution in [1.82, 2.24) is 19.7 Å². The van der Waals surface area contributed by atoms with Gasteiger partial charge in [-0.2, -0.15) is 10.4 Å². The van der Waals surface area contributed by atoms with E-state index in [-0.39, 0.29) is 17.7 Å². The molecule has 0 saturated carbocycles. The van der Waals surface area contributed by atoms with Crippen molar-refractivity contribution in [3.8, 4) is 17.3 Å². The first-order valence-electron chi connectivity index (χ1n) is 4.65. The van der Waals surface area contributed by atoms with Crippen LogP contribution in [0.15, 0.2) is 23.4 Å². The average Bonchev–Trinajstić information content (AvgIpc) is 2.68. The molecule has 16 heavy (non-hydrogen) atoms. The number of hydrogen-bond donors (Lipinski definition) is 1. The second kappa shape index (κ2) is 3.98. The van der Waals surface area contributed by atoms with E-state index in [0.717, 1.165) is 5.56 Å². The van der Waals surface area contributed by atoms with E-state index < -0.39 is 0 Å². The molecule has 0 bridgehead atoms. The van der Waals surface area contributed by atoms with Crippen molar-refractivity contribution in [2.24, 2.45) is 7.05 Å². The van der Waals surface area contributed by atoms with Gasteiger partial charge in [-0.25, -0.2) is 0 Å². The Kier molecular flexibility index (Phi) is 2.52. The number of nitrogens with one attached hydrogen (secondary N) is 1. The average molecular weight is 215 g/mol. The Morgan fingerprint density at radius 1 is 1.56 bits per heavy atom. The first-order chi connectivity index (χ1) is 7.70. The molecule has 2 aromatic heterocycles. The van der Waals surface area contributed by atoms with Gasteiger partial charge in [0.05, 0.1) is 30.6 Å². The molecule has 0 fully saturated rings. The van der Waals surface area contributed by atoms with Gasteiger partial charge in [0.2, 0.25) is 0 Å². The topological polar surface area (TPSA) is 87.4 Å². The van der Waals surface area contributed by atoms with E-state index in [2.05, 4.69) is 15.1 Å². The molecule has 0 aliphatic rings. The smallest absolute Gasteiger partial charge is 0.271 e. The molecular weight excluding hydrogens is 206 g/mol. The molecule has 0 aliphatic carbocycles. The molecular formula is C10H9N5O. The van der Waals surface area contributed by atoms with E-state index >= 15 is 0 Å². The SMILES string of the molecule is Cn1cc(-c2cnc(CC#N)c(=O)[nH]2)cn1. The standard InChI is InChI=1S/C10H9N5O/c1-15-6-7(4-13-15)9-5-12-8(2-3-11)10(16)14-9/h4-6H,2H2,1H3,(H,14,16). The Balaban J connectivity index is 2.43. The van der Waals surface area contributed by atoms with Crippen LogP contribution in [0.2, 0.25) is 0 Å². The third-order valence-electron chi connectivity index (χ3n) is 2.12. The summed E-state index contributed by atoms with van der Waals surface area (Å²) >= 11 is 0. The highest BCUT2D eigenvalue weighted by molar-refractivity contribution is 5.55. The van der Waals surface area contributed by atoms with Gasteiger partial charge in [0.1, 0.15) is 5.69 Å². The van der Waals surface area contributed by atoms with Crippen LogP contribution in [0.5, 0.6) is 0 Å². The Morgan fingerprint density at radius 2 is 2.38 bits per heavy atom. The Morgan fingerprint density at radius 3 is 2.94 bits per heavy atom. The summed E-state index contributed by atoms with van der Waals surface area (Å²) < 4.78 is 1.64. The normalized spacial score (nSPS) is 10.0. The van der Waals surface area contributed by atoms with Crippen LogP contribution < -0.4 is 5.56 Å². The molecule has 6 heteroatoms. The first-order valence-corrected chi connectivity index (χ1v) is 4.65. The zero-order chi connectivity index (χ0) is 11.5.